The summed E-state index contributed by atoms with van der Waals surface area (Å²) in [6, 6.07) is 17.1. The van der Waals surface area contributed by atoms with Crippen LogP contribution in [0.25, 0.3) is 16.2 Å². The normalized spacial score (nSPS) is 11.0. The molecule has 2 heterocycles. The summed E-state index contributed by atoms with van der Waals surface area (Å²) in [6.07, 6.45) is 3.10. The van der Waals surface area contributed by atoms with Crippen LogP contribution in [0.5, 0.6) is 0 Å². The Kier molecular flexibility index (Phi) is 4.73. The number of hydrogen-bond acceptors (Lipinski definition) is 3. The zero-order valence-corrected chi connectivity index (χ0v) is 15.4. The molecule has 1 amide bonds. The molecule has 2 aromatic carbocycles. The Hall–Kier alpha value is -2.63. The minimum Gasteiger partial charge on any atom is -0.326 e. The molecule has 0 bridgehead atoms. The number of anilines is 1. The first kappa shape index (κ1) is 16.8. The van der Waals surface area contributed by atoms with Crippen LogP contribution in [0.15, 0.2) is 66.2 Å². The molecule has 0 spiro atoms. The summed E-state index contributed by atoms with van der Waals surface area (Å²) in [5.41, 5.74) is 3.84. The van der Waals surface area contributed by atoms with Gasteiger partial charge in [0.1, 0.15) is 0 Å². The smallest absolute Gasteiger partial charge is 0.224 e. The number of hydrogen-bond donors (Lipinski definition) is 1. The van der Waals surface area contributed by atoms with E-state index in [1.165, 1.54) is 0 Å². The minimum absolute atomic E-state index is 0.00795. The van der Waals surface area contributed by atoms with Crippen LogP contribution in [-0.2, 0) is 11.2 Å². The van der Waals surface area contributed by atoms with E-state index in [9.17, 15) is 4.79 Å². The Balaban J connectivity index is 1.47. The summed E-state index contributed by atoms with van der Waals surface area (Å²) in [5, 5.41) is 5.68. The summed E-state index contributed by atoms with van der Waals surface area (Å²) >= 11 is 7.53. The molecule has 130 valence electrons. The van der Waals surface area contributed by atoms with Crippen molar-refractivity contribution in [1.82, 2.24) is 9.38 Å². The highest BCUT2D eigenvalue weighted by Gasteiger charge is 2.11. The van der Waals surface area contributed by atoms with E-state index < -0.39 is 0 Å². The van der Waals surface area contributed by atoms with E-state index in [-0.39, 0.29) is 5.91 Å². The van der Waals surface area contributed by atoms with Gasteiger partial charge in [-0.05, 0) is 30.7 Å². The number of benzene rings is 2. The largest absolute Gasteiger partial charge is 0.326 e. The van der Waals surface area contributed by atoms with Crippen molar-refractivity contribution in [1.29, 1.82) is 0 Å². The number of halogens is 1. The highest BCUT2D eigenvalue weighted by Crippen LogP contribution is 2.25. The zero-order valence-electron chi connectivity index (χ0n) is 13.9. The number of carbonyl (C=O) groups is 1. The van der Waals surface area contributed by atoms with Crippen LogP contribution in [-0.4, -0.2) is 15.3 Å². The van der Waals surface area contributed by atoms with Gasteiger partial charge in [-0.2, -0.15) is 0 Å². The molecule has 0 saturated carbocycles. The Morgan fingerprint density at radius 3 is 2.65 bits per heavy atom. The van der Waals surface area contributed by atoms with Crippen molar-refractivity contribution >= 4 is 39.5 Å². The lowest BCUT2D eigenvalue weighted by Crippen LogP contribution is -2.12. The van der Waals surface area contributed by atoms with Crippen LogP contribution in [0.2, 0.25) is 5.02 Å². The molecule has 4 nitrogen and oxygen atoms in total. The lowest BCUT2D eigenvalue weighted by Gasteiger charge is -2.04. The Labute approximate surface area is 160 Å². The fourth-order valence-electron chi connectivity index (χ4n) is 2.76. The van der Waals surface area contributed by atoms with E-state index in [4.69, 9.17) is 11.6 Å². The van der Waals surface area contributed by atoms with Gasteiger partial charge in [-0.1, -0.05) is 41.9 Å². The van der Waals surface area contributed by atoms with Gasteiger partial charge in [-0.25, -0.2) is 4.98 Å². The predicted octanol–water partition coefficient (Wildman–Crippen LogP) is 5.29. The van der Waals surface area contributed by atoms with Crippen LogP contribution in [0.3, 0.4) is 0 Å². The van der Waals surface area contributed by atoms with Gasteiger partial charge in [0, 0.05) is 40.0 Å². The summed E-state index contributed by atoms with van der Waals surface area (Å²) < 4.78 is 2.06. The summed E-state index contributed by atoms with van der Waals surface area (Å²) in [4.78, 5) is 17.7. The molecule has 4 rings (SSSR count). The van der Waals surface area contributed by atoms with Crippen LogP contribution < -0.4 is 5.32 Å². The highest BCUT2D eigenvalue weighted by molar-refractivity contribution is 7.15. The number of imidazole rings is 1. The van der Waals surface area contributed by atoms with Gasteiger partial charge >= 0.3 is 0 Å². The van der Waals surface area contributed by atoms with Crippen LogP contribution in [0, 0.1) is 0 Å². The lowest BCUT2D eigenvalue weighted by molar-refractivity contribution is -0.116. The highest BCUT2D eigenvalue weighted by atomic mass is 35.5. The van der Waals surface area contributed by atoms with Gasteiger partial charge in [0.15, 0.2) is 4.96 Å². The first-order chi connectivity index (χ1) is 12.7. The van der Waals surface area contributed by atoms with Crippen molar-refractivity contribution in [2.75, 3.05) is 5.32 Å². The van der Waals surface area contributed by atoms with Gasteiger partial charge in [-0.3, -0.25) is 9.20 Å². The first-order valence-corrected chi connectivity index (χ1v) is 9.51. The van der Waals surface area contributed by atoms with E-state index >= 15 is 0 Å². The topological polar surface area (TPSA) is 46.4 Å². The second-order valence-electron chi connectivity index (χ2n) is 5.93. The first-order valence-electron chi connectivity index (χ1n) is 8.25. The third-order valence-corrected chi connectivity index (χ3v) is 5.23. The van der Waals surface area contributed by atoms with Crippen molar-refractivity contribution in [3.63, 3.8) is 0 Å². The predicted molar refractivity (Wildman–Crippen MR) is 107 cm³/mol. The quantitative estimate of drug-likeness (QED) is 0.510. The Morgan fingerprint density at radius 1 is 1.12 bits per heavy atom. The van der Waals surface area contributed by atoms with Crippen molar-refractivity contribution in [2.24, 2.45) is 0 Å². The SMILES string of the molecule is O=C(CCc1csc2nc(-c3ccc(Cl)cc3)cn12)Nc1ccccc1. The zero-order chi connectivity index (χ0) is 17.9. The molecular weight excluding hydrogens is 366 g/mol. The monoisotopic (exact) mass is 381 g/mol. The van der Waals surface area contributed by atoms with Gasteiger partial charge in [0.25, 0.3) is 0 Å². The fourth-order valence-corrected chi connectivity index (χ4v) is 3.79. The van der Waals surface area contributed by atoms with Crippen LogP contribution >= 0.6 is 22.9 Å². The molecule has 0 atom stereocenters. The average Bonchev–Trinajstić information content (AvgIpc) is 3.22. The second kappa shape index (κ2) is 7.32. The number of nitrogens with zero attached hydrogens (tertiary/aromatic N) is 2. The standard InChI is InChI=1S/C20H16ClN3OS/c21-15-8-6-14(7-9-15)18-12-24-17(13-26-20(24)23-18)10-11-19(25)22-16-4-2-1-3-5-16/h1-9,12-13H,10-11H2,(H,22,25). The number of para-hydroxylation sites is 1. The number of thiazole rings is 1. The van der Waals surface area contributed by atoms with Gasteiger partial charge in [-0.15, -0.1) is 11.3 Å². The van der Waals surface area contributed by atoms with Crippen molar-refractivity contribution < 1.29 is 4.79 Å². The number of amides is 1. The molecule has 0 radical (unpaired) electrons. The van der Waals surface area contributed by atoms with E-state index in [0.29, 0.717) is 17.9 Å². The average molecular weight is 382 g/mol. The maximum absolute atomic E-state index is 12.2. The summed E-state index contributed by atoms with van der Waals surface area (Å²) in [7, 11) is 0. The molecule has 2 aromatic heterocycles. The van der Waals surface area contributed by atoms with E-state index in [0.717, 1.165) is 27.6 Å². The third-order valence-electron chi connectivity index (χ3n) is 4.09. The Bertz CT molecular complexity index is 1040. The van der Waals surface area contributed by atoms with E-state index in [2.05, 4.69) is 20.1 Å². The molecule has 0 aliphatic heterocycles. The molecule has 0 aliphatic rings. The van der Waals surface area contributed by atoms with Crippen LogP contribution in [0.4, 0.5) is 5.69 Å². The van der Waals surface area contributed by atoms with Crippen LogP contribution in [0.1, 0.15) is 12.1 Å². The minimum atomic E-state index is 0.00795. The molecular formula is C20H16ClN3OS. The molecule has 26 heavy (non-hydrogen) atoms. The van der Waals surface area contributed by atoms with Crippen molar-refractivity contribution in [3.05, 3.63) is 76.9 Å². The Morgan fingerprint density at radius 2 is 1.88 bits per heavy atom. The number of nitrogens with one attached hydrogen (secondary N) is 1. The maximum Gasteiger partial charge on any atom is 0.224 e. The number of aryl methyl sites for hydroxylation is 1. The molecule has 0 saturated heterocycles. The van der Waals surface area contributed by atoms with Gasteiger partial charge < -0.3 is 5.32 Å². The number of carbonyl (C=O) groups excluding carboxylic acids is 1. The van der Waals surface area contributed by atoms with E-state index in [1.807, 2.05) is 60.8 Å². The second-order valence-corrected chi connectivity index (χ2v) is 7.20. The number of aromatic nitrogens is 2. The van der Waals surface area contributed by atoms with Crippen molar-refractivity contribution in [3.8, 4) is 11.3 Å². The number of rotatable bonds is 5. The third kappa shape index (κ3) is 3.64. The van der Waals surface area contributed by atoms with Gasteiger partial charge in [0.2, 0.25) is 5.91 Å². The molecule has 4 aromatic rings. The molecule has 0 aliphatic carbocycles. The van der Waals surface area contributed by atoms with E-state index in [1.54, 1.807) is 11.3 Å². The summed E-state index contributed by atoms with van der Waals surface area (Å²) in [6.45, 7) is 0. The summed E-state index contributed by atoms with van der Waals surface area (Å²) in [5.74, 6) is 0.00795. The number of fused-ring (bicyclic) bond motifs is 1. The maximum atomic E-state index is 12.2. The van der Waals surface area contributed by atoms with Crippen molar-refractivity contribution in [2.45, 2.75) is 12.8 Å². The molecule has 0 unspecified atom stereocenters. The fraction of sp³-hybridized carbons (Fsp3) is 0.100. The van der Waals surface area contributed by atoms with Gasteiger partial charge in [0.05, 0.1) is 5.69 Å². The molecule has 6 heteroatoms. The molecule has 1 N–H and O–H groups in total. The lowest BCUT2D eigenvalue weighted by atomic mass is 10.2. The molecule has 0 fully saturated rings.